The number of rotatable bonds is 3. The van der Waals surface area contributed by atoms with Crippen LogP contribution < -0.4 is 0 Å². The number of Topliss-reactive ketones (excluding diaryl/α,β-unsaturated/α-hetero) is 1. The molecule has 0 N–H and O–H groups in total. The van der Waals surface area contributed by atoms with Crippen molar-refractivity contribution in [2.45, 2.75) is 46.6 Å². The summed E-state index contributed by atoms with van der Waals surface area (Å²) >= 11 is 0. The van der Waals surface area contributed by atoms with E-state index >= 15 is 0 Å². The maximum absolute atomic E-state index is 11.5. The van der Waals surface area contributed by atoms with E-state index in [-0.39, 0.29) is 5.92 Å². The van der Waals surface area contributed by atoms with Crippen molar-refractivity contribution in [3.05, 3.63) is 17.5 Å². The van der Waals surface area contributed by atoms with E-state index in [1.165, 1.54) is 5.69 Å². The van der Waals surface area contributed by atoms with Gasteiger partial charge in [0.15, 0.2) is 0 Å². The van der Waals surface area contributed by atoms with Gasteiger partial charge in [0.25, 0.3) is 0 Å². The summed E-state index contributed by atoms with van der Waals surface area (Å²) < 4.78 is 2.06. The van der Waals surface area contributed by atoms with Crippen molar-refractivity contribution in [1.82, 2.24) is 9.78 Å². The molecule has 2 atom stereocenters. The van der Waals surface area contributed by atoms with Gasteiger partial charge in [0.05, 0.1) is 5.69 Å². The summed E-state index contributed by atoms with van der Waals surface area (Å²) in [7, 11) is 0. The molecule has 2 rings (SSSR count). The SMILES string of the molecule is CCn1nc(C)cc1CC1CCC(=O)C1C. The smallest absolute Gasteiger partial charge is 0.136 e. The van der Waals surface area contributed by atoms with Crippen LogP contribution in [0.4, 0.5) is 0 Å². The molecule has 0 bridgehead atoms. The fourth-order valence-electron chi connectivity index (χ4n) is 2.65. The zero-order valence-corrected chi connectivity index (χ0v) is 10.4. The van der Waals surface area contributed by atoms with Crippen molar-refractivity contribution in [2.75, 3.05) is 0 Å². The second-order valence-electron chi connectivity index (χ2n) is 4.85. The van der Waals surface area contributed by atoms with Crippen LogP contribution in [0.5, 0.6) is 0 Å². The fraction of sp³-hybridized carbons (Fsp3) is 0.692. The van der Waals surface area contributed by atoms with Gasteiger partial charge in [-0.3, -0.25) is 9.48 Å². The Morgan fingerprint density at radius 2 is 2.31 bits per heavy atom. The van der Waals surface area contributed by atoms with Crippen LogP contribution in [0.1, 0.15) is 38.1 Å². The third-order valence-corrected chi connectivity index (χ3v) is 3.73. The molecule has 0 aliphatic heterocycles. The number of ketones is 1. The van der Waals surface area contributed by atoms with E-state index in [0.717, 1.165) is 31.5 Å². The van der Waals surface area contributed by atoms with Crippen LogP contribution in [0.3, 0.4) is 0 Å². The molecule has 0 spiro atoms. The molecule has 1 aromatic heterocycles. The minimum absolute atomic E-state index is 0.237. The van der Waals surface area contributed by atoms with E-state index in [9.17, 15) is 4.79 Å². The van der Waals surface area contributed by atoms with E-state index in [0.29, 0.717) is 11.7 Å². The number of aryl methyl sites for hydroxylation is 2. The molecule has 0 saturated heterocycles. The predicted octanol–water partition coefficient (Wildman–Crippen LogP) is 2.37. The Hall–Kier alpha value is -1.12. The average Bonchev–Trinajstić information content (AvgIpc) is 2.76. The van der Waals surface area contributed by atoms with Crippen LogP contribution in [0.2, 0.25) is 0 Å². The summed E-state index contributed by atoms with van der Waals surface area (Å²) in [5.74, 6) is 1.19. The minimum atomic E-state index is 0.237. The van der Waals surface area contributed by atoms with Gasteiger partial charge in [-0.15, -0.1) is 0 Å². The molecule has 1 aliphatic carbocycles. The zero-order chi connectivity index (χ0) is 11.7. The first-order valence-electron chi connectivity index (χ1n) is 6.17. The van der Waals surface area contributed by atoms with E-state index in [2.05, 4.69) is 29.7 Å². The normalized spacial score (nSPS) is 25.3. The Labute approximate surface area is 96.8 Å². The standard InChI is InChI=1S/C13H20N2O/c1-4-15-12(7-9(2)14-15)8-11-5-6-13(16)10(11)3/h7,10-11H,4-6,8H2,1-3H3. The van der Waals surface area contributed by atoms with Crippen molar-refractivity contribution < 1.29 is 4.79 Å². The third kappa shape index (κ3) is 2.04. The van der Waals surface area contributed by atoms with Crippen molar-refractivity contribution >= 4 is 5.78 Å². The molecule has 1 aromatic rings. The highest BCUT2D eigenvalue weighted by atomic mass is 16.1. The summed E-state index contributed by atoms with van der Waals surface area (Å²) in [5.41, 5.74) is 2.36. The lowest BCUT2D eigenvalue weighted by Crippen LogP contribution is -2.15. The summed E-state index contributed by atoms with van der Waals surface area (Å²) in [6.07, 6.45) is 2.82. The number of nitrogens with zero attached hydrogens (tertiary/aromatic N) is 2. The summed E-state index contributed by atoms with van der Waals surface area (Å²) in [6, 6.07) is 2.15. The minimum Gasteiger partial charge on any atom is -0.299 e. The highest BCUT2D eigenvalue weighted by Crippen LogP contribution is 2.31. The number of carbonyl (C=O) groups is 1. The topological polar surface area (TPSA) is 34.9 Å². The lowest BCUT2D eigenvalue weighted by atomic mass is 9.93. The van der Waals surface area contributed by atoms with Crippen LogP contribution >= 0.6 is 0 Å². The highest BCUT2D eigenvalue weighted by Gasteiger charge is 2.31. The van der Waals surface area contributed by atoms with Crippen LogP contribution in [0.15, 0.2) is 6.07 Å². The molecule has 1 saturated carbocycles. The summed E-state index contributed by atoms with van der Waals surface area (Å²) in [6.45, 7) is 7.12. The van der Waals surface area contributed by atoms with Gasteiger partial charge in [-0.2, -0.15) is 5.10 Å². The highest BCUT2D eigenvalue weighted by molar-refractivity contribution is 5.83. The number of aromatic nitrogens is 2. The van der Waals surface area contributed by atoms with Crippen LogP contribution in [0.25, 0.3) is 0 Å². The Kier molecular flexibility index (Phi) is 3.13. The van der Waals surface area contributed by atoms with Gasteiger partial charge in [-0.05, 0) is 38.7 Å². The molecule has 0 radical (unpaired) electrons. The van der Waals surface area contributed by atoms with Crippen molar-refractivity contribution in [3.8, 4) is 0 Å². The maximum atomic E-state index is 11.5. The van der Waals surface area contributed by atoms with Crippen molar-refractivity contribution in [2.24, 2.45) is 11.8 Å². The Balaban J connectivity index is 2.11. The Bertz CT molecular complexity index is 395. The first kappa shape index (κ1) is 11.4. The van der Waals surface area contributed by atoms with E-state index in [4.69, 9.17) is 0 Å². The zero-order valence-electron chi connectivity index (χ0n) is 10.4. The molecular weight excluding hydrogens is 200 g/mol. The van der Waals surface area contributed by atoms with Gasteiger partial charge in [-0.1, -0.05) is 6.92 Å². The summed E-state index contributed by atoms with van der Waals surface area (Å²) in [4.78, 5) is 11.5. The average molecular weight is 220 g/mol. The molecule has 16 heavy (non-hydrogen) atoms. The molecular formula is C13H20N2O. The van der Waals surface area contributed by atoms with Crippen molar-refractivity contribution in [3.63, 3.8) is 0 Å². The molecule has 0 aromatic carbocycles. The largest absolute Gasteiger partial charge is 0.299 e. The quantitative estimate of drug-likeness (QED) is 0.784. The number of carbonyl (C=O) groups excluding carboxylic acids is 1. The van der Waals surface area contributed by atoms with Crippen LogP contribution in [-0.2, 0) is 17.8 Å². The predicted molar refractivity (Wildman–Crippen MR) is 63.2 cm³/mol. The second-order valence-corrected chi connectivity index (χ2v) is 4.85. The van der Waals surface area contributed by atoms with Crippen LogP contribution in [-0.4, -0.2) is 15.6 Å². The fourth-order valence-corrected chi connectivity index (χ4v) is 2.65. The lowest BCUT2D eigenvalue weighted by molar-refractivity contribution is -0.120. The van der Waals surface area contributed by atoms with E-state index in [1.54, 1.807) is 0 Å². The Morgan fingerprint density at radius 3 is 2.88 bits per heavy atom. The third-order valence-electron chi connectivity index (χ3n) is 3.73. The maximum Gasteiger partial charge on any atom is 0.136 e. The van der Waals surface area contributed by atoms with Gasteiger partial charge < -0.3 is 0 Å². The van der Waals surface area contributed by atoms with E-state index in [1.807, 2.05) is 6.92 Å². The van der Waals surface area contributed by atoms with Gasteiger partial charge in [0.2, 0.25) is 0 Å². The van der Waals surface area contributed by atoms with Gasteiger partial charge >= 0.3 is 0 Å². The second kappa shape index (κ2) is 4.40. The first-order valence-corrected chi connectivity index (χ1v) is 6.17. The Morgan fingerprint density at radius 1 is 1.56 bits per heavy atom. The van der Waals surface area contributed by atoms with Crippen LogP contribution in [0, 0.1) is 18.8 Å². The lowest BCUT2D eigenvalue weighted by Gasteiger charge is -2.14. The molecule has 3 heteroatoms. The molecule has 1 heterocycles. The summed E-state index contributed by atoms with van der Waals surface area (Å²) in [5, 5.41) is 4.45. The van der Waals surface area contributed by atoms with Crippen molar-refractivity contribution in [1.29, 1.82) is 0 Å². The molecule has 1 fully saturated rings. The molecule has 0 amide bonds. The number of hydrogen-bond donors (Lipinski definition) is 0. The monoisotopic (exact) mass is 220 g/mol. The van der Waals surface area contributed by atoms with E-state index < -0.39 is 0 Å². The molecule has 1 aliphatic rings. The molecule has 2 unspecified atom stereocenters. The molecule has 3 nitrogen and oxygen atoms in total. The van der Waals surface area contributed by atoms with Gasteiger partial charge in [-0.25, -0.2) is 0 Å². The van der Waals surface area contributed by atoms with Gasteiger partial charge in [0, 0.05) is 24.6 Å². The number of hydrogen-bond acceptors (Lipinski definition) is 2. The molecule has 88 valence electrons. The van der Waals surface area contributed by atoms with Gasteiger partial charge in [0.1, 0.15) is 5.78 Å². The first-order chi connectivity index (χ1) is 7.61.